The number of hydrogen-bond donors (Lipinski definition) is 3. The molecule has 0 aliphatic rings. The molecule has 2 aromatic rings. The van der Waals surface area contributed by atoms with Crippen LogP contribution >= 0.6 is 22.7 Å². The summed E-state index contributed by atoms with van der Waals surface area (Å²) in [6, 6.07) is 1.92. The molecule has 114 valence electrons. The van der Waals surface area contributed by atoms with Crippen molar-refractivity contribution in [3.05, 3.63) is 38.0 Å². The third-order valence-corrected chi connectivity index (χ3v) is 4.93. The number of aromatic nitrogens is 1. The molecule has 0 saturated carbocycles. The second-order valence-corrected chi connectivity index (χ2v) is 6.84. The number of thiophene rings is 1. The van der Waals surface area contributed by atoms with Gasteiger partial charge in [0.2, 0.25) is 0 Å². The molecule has 2 heterocycles. The van der Waals surface area contributed by atoms with E-state index in [-0.39, 0.29) is 6.03 Å². The number of nitrogens with one attached hydrogen (secondary N) is 2. The average Bonchev–Trinajstić information content (AvgIpc) is 3.10. The van der Waals surface area contributed by atoms with Crippen molar-refractivity contribution in [2.75, 3.05) is 6.54 Å². The Bertz CT molecular complexity index is 579. The zero-order valence-electron chi connectivity index (χ0n) is 12.0. The van der Waals surface area contributed by atoms with E-state index in [4.69, 9.17) is 5.84 Å². The largest absolute Gasteiger partial charge is 0.337 e. The molecule has 0 aliphatic carbocycles. The minimum Gasteiger partial charge on any atom is -0.337 e. The van der Waals surface area contributed by atoms with Crippen LogP contribution in [0.5, 0.6) is 0 Å². The molecular formula is C14H20N4OS2. The maximum Gasteiger partial charge on any atom is 0.328 e. The van der Waals surface area contributed by atoms with Crippen LogP contribution in [0.15, 0.2) is 16.8 Å². The number of urea groups is 1. The van der Waals surface area contributed by atoms with Gasteiger partial charge < -0.3 is 5.32 Å². The van der Waals surface area contributed by atoms with Crippen molar-refractivity contribution in [1.82, 2.24) is 15.7 Å². The van der Waals surface area contributed by atoms with Crippen LogP contribution in [-0.4, -0.2) is 17.6 Å². The number of nitrogens with zero attached hydrogens (tertiary/aromatic N) is 1. The van der Waals surface area contributed by atoms with Gasteiger partial charge in [0.1, 0.15) is 0 Å². The van der Waals surface area contributed by atoms with E-state index in [0.29, 0.717) is 6.54 Å². The number of hydrogen-bond acceptors (Lipinski definition) is 5. The Labute approximate surface area is 132 Å². The minimum atomic E-state index is -0.333. The molecule has 0 radical (unpaired) electrons. The third kappa shape index (κ3) is 5.45. The average molecular weight is 324 g/mol. The van der Waals surface area contributed by atoms with E-state index >= 15 is 0 Å². The number of amides is 2. The van der Waals surface area contributed by atoms with Gasteiger partial charge >= 0.3 is 6.03 Å². The fourth-order valence-electron chi connectivity index (χ4n) is 2.00. The van der Waals surface area contributed by atoms with Gasteiger partial charge in [-0.15, -0.1) is 22.7 Å². The van der Waals surface area contributed by atoms with Crippen molar-refractivity contribution in [2.45, 2.75) is 32.6 Å². The van der Waals surface area contributed by atoms with Crippen LogP contribution in [0.3, 0.4) is 0 Å². The SMILES string of the molecule is Cc1nc(CCc2csc(CCCNC(=O)NN)c2)cs1. The summed E-state index contributed by atoms with van der Waals surface area (Å²) in [4.78, 5) is 16.7. The fraction of sp³-hybridized carbons (Fsp3) is 0.429. The zero-order chi connectivity index (χ0) is 15.1. The molecule has 0 bridgehead atoms. The van der Waals surface area contributed by atoms with Gasteiger partial charge in [0.05, 0.1) is 10.7 Å². The molecule has 0 spiro atoms. The minimum absolute atomic E-state index is 0.333. The second-order valence-electron chi connectivity index (χ2n) is 4.78. The normalized spacial score (nSPS) is 10.6. The Hall–Kier alpha value is -1.44. The van der Waals surface area contributed by atoms with E-state index in [2.05, 4.69) is 27.1 Å². The predicted molar refractivity (Wildman–Crippen MR) is 87.6 cm³/mol. The van der Waals surface area contributed by atoms with Crippen LogP contribution < -0.4 is 16.6 Å². The summed E-state index contributed by atoms with van der Waals surface area (Å²) in [5.74, 6) is 4.99. The highest BCUT2D eigenvalue weighted by Gasteiger charge is 2.03. The van der Waals surface area contributed by atoms with Crippen molar-refractivity contribution in [1.29, 1.82) is 0 Å². The molecule has 0 aliphatic heterocycles. The molecule has 2 aromatic heterocycles. The Morgan fingerprint density at radius 1 is 1.29 bits per heavy atom. The zero-order valence-corrected chi connectivity index (χ0v) is 13.6. The van der Waals surface area contributed by atoms with Crippen LogP contribution in [0, 0.1) is 6.92 Å². The molecule has 0 saturated heterocycles. The van der Waals surface area contributed by atoms with E-state index in [1.54, 1.807) is 22.7 Å². The molecule has 21 heavy (non-hydrogen) atoms. The van der Waals surface area contributed by atoms with Gasteiger partial charge in [-0.05, 0) is 49.6 Å². The monoisotopic (exact) mass is 324 g/mol. The van der Waals surface area contributed by atoms with Crippen LogP contribution in [0.25, 0.3) is 0 Å². The summed E-state index contributed by atoms with van der Waals surface area (Å²) in [7, 11) is 0. The van der Waals surface area contributed by atoms with Gasteiger partial charge in [-0.25, -0.2) is 15.6 Å². The van der Waals surface area contributed by atoms with E-state index in [1.165, 1.54) is 16.1 Å². The molecule has 0 unspecified atom stereocenters. The topological polar surface area (TPSA) is 80.0 Å². The molecule has 0 atom stereocenters. The Morgan fingerprint density at radius 3 is 2.86 bits per heavy atom. The number of nitrogens with two attached hydrogens (primary N) is 1. The van der Waals surface area contributed by atoms with Crippen molar-refractivity contribution in [3.8, 4) is 0 Å². The number of rotatable bonds is 7. The van der Waals surface area contributed by atoms with E-state index in [0.717, 1.165) is 30.7 Å². The van der Waals surface area contributed by atoms with Crippen molar-refractivity contribution >= 4 is 28.7 Å². The Kier molecular flexibility index (Phi) is 6.16. The lowest BCUT2D eigenvalue weighted by Gasteiger charge is -2.02. The van der Waals surface area contributed by atoms with Gasteiger partial charge in [0.15, 0.2) is 0 Å². The summed E-state index contributed by atoms with van der Waals surface area (Å²) in [6.07, 6.45) is 3.93. The Morgan fingerprint density at radius 2 is 2.14 bits per heavy atom. The summed E-state index contributed by atoms with van der Waals surface area (Å²) < 4.78 is 0. The second kappa shape index (κ2) is 8.11. The van der Waals surface area contributed by atoms with Crippen LogP contribution in [-0.2, 0) is 19.3 Å². The highest BCUT2D eigenvalue weighted by atomic mass is 32.1. The maximum absolute atomic E-state index is 10.9. The number of thiazole rings is 1. The highest BCUT2D eigenvalue weighted by Crippen LogP contribution is 2.18. The molecule has 2 rings (SSSR count). The van der Waals surface area contributed by atoms with Gasteiger partial charge in [0, 0.05) is 16.8 Å². The lowest BCUT2D eigenvalue weighted by atomic mass is 10.1. The summed E-state index contributed by atoms with van der Waals surface area (Å²) in [5, 5.41) is 8.16. The van der Waals surface area contributed by atoms with Crippen LogP contribution in [0.2, 0.25) is 0 Å². The highest BCUT2D eigenvalue weighted by molar-refractivity contribution is 7.10. The maximum atomic E-state index is 10.9. The number of carbonyl (C=O) groups is 1. The van der Waals surface area contributed by atoms with Crippen LogP contribution in [0.4, 0.5) is 4.79 Å². The third-order valence-electron chi connectivity index (χ3n) is 3.06. The quantitative estimate of drug-likeness (QED) is 0.317. The molecule has 7 heteroatoms. The first-order chi connectivity index (χ1) is 10.2. The molecule has 0 aromatic carbocycles. The van der Waals surface area contributed by atoms with Crippen molar-refractivity contribution in [3.63, 3.8) is 0 Å². The van der Waals surface area contributed by atoms with E-state index in [1.807, 2.05) is 12.3 Å². The molecular weight excluding hydrogens is 304 g/mol. The lowest BCUT2D eigenvalue weighted by Crippen LogP contribution is -2.40. The standard InChI is InChI=1S/C14H20N4OS2/c1-10-17-12(9-20-10)5-4-11-7-13(21-8-11)3-2-6-16-14(19)18-15/h7-9H,2-6,15H2,1H3,(H2,16,18,19). The number of carbonyl (C=O) groups excluding carboxylic acids is 1. The molecule has 4 N–H and O–H groups in total. The van der Waals surface area contributed by atoms with E-state index < -0.39 is 0 Å². The smallest absolute Gasteiger partial charge is 0.328 e. The number of hydrazine groups is 1. The number of aryl methyl sites for hydroxylation is 4. The predicted octanol–water partition coefficient (Wildman–Crippen LogP) is 2.40. The summed E-state index contributed by atoms with van der Waals surface area (Å²) in [5.41, 5.74) is 4.60. The Balaban J connectivity index is 1.70. The van der Waals surface area contributed by atoms with Crippen molar-refractivity contribution < 1.29 is 4.79 Å². The molecule has 0 fully saturated rings. The van der Waals surface area contributed by atoms with E-state index in [9.17, 15) is 4.79 Å². The lowest BCUT2D eigenvalue weighted by molar-refractivity contribution is 0.241. The van der Waals surface area contributed by atoms with Crippen LogP contribution in [0.1, 0.15) is 27.6 Å². The summed E-state index contributed by atoms with van der Waals surface area (Å²) in [6.45, 7) is 2.67. The van der Waals surface area contributed by atoms with Crippen molar-refractivity contribution in [2.24, 2.45) is 5.84 Å². The first kappa shape index (κ1) is 15.9. The van der Waals surface area contributed by atoms with Gasteiger partial charge in [-0.3, -0.25) is 5.43 Å². The van der Waals surface area contributed by atoms with Gasteiger partial charge in [-0.2, -0.15) is 0 Å². The first-order valence-electron chi connectivity index (χ1n) is 6.89. The van der Waals surface area contributed by atoms with Gasteiger partial charge in [-0.1, -0.05) is 0 Å². The van der Waals surface area contributed by atoms with Gasteiger partial charge in [0.25, 0.3) is 0 Å². The first-order valence-corrected chi connectivity index (χ1v) is 8.65. The summed E-state index contributed by atoms with van der Waals surface area (Å²) >= 11 is 3.49. The molecule has 2 amide bonds. The molecule has 5 nitrogen and oxygen atoms in total. The fourth-order valence-corrected chi connectivity index (χ4v) is 3.62.